The van der Waals surface area contributed by atoms with Crippen molar-refractivity contribution in [2.45, 2.75) is 26.2 Å². The monoisotopic (exact) mass is 638 g/mol. The molecule has 0 bridgehead atoms. The maximum absolute atomic E-state index is 2.48. The largest absolute Gasteiger partial charge is 0.0807 e. The van der Waals surface area contributed by atoms with Crippen molar-refractivity contribution >= 4 is 32.3 Å². The predicted molar refractivity (Wildman–Crippen MR) is 216 cm³/mol. The summed E-state index contributed by atoms with van der Waals surface area (Å²) < 4.78 is 0. The van der Waals surface area contributed by atoms with Gasteiger partial charge in [0, 0.05) is 5.92 Å². The fourth-order valence-electron chi connectivity index (χ4n) is 7.80. The Labute approximate surface area is 294 Å². The summed E-state index contributed by atoms with van der Waals surface area (Å²) in [5.41, 5.74) is 14.0. The number of rotatable bonds is 5. The number of hydrogen-bond acceptors (Lipinski definition) is 0. The first kappa shape index (κ1) is 30.1. The predicted octanol–water partition coefficient (Wildman–Crippen LogP) is 14.1. The molecule has 8 aromatic rings. The Bertz CT molecular complexity index is 2600. The first-order valence-electron chi connectivity index (χ1n) is 17.7. The zero-order valence-electron chi connectivity index (χ0n) is 28.5. The summed E-state index contributed by atoms with van der Waals surface area (Å²) in [6.45, 7) is 4.34. The lowest BCUT2D eigenvalue weighted by atomic mass is 9.82. The van der Waals surface area contributed by atoms with Crippen molar-refractivity contribution in [2.24, 2.45) is 0 Å². The van der Waals surface area contributed by atoms with Gasteiger partial charge in [0.2, 0.25) is 0 Å². The molecule has 0 radical (unpaired) electrons. The van der Waals surface area contributed by atoms with Crippen LogP contribution in [0.4, 0.5) is 0 Å². The van der Waals surface area contributed by atoms with E-state index < -0.39 is 0 Å². The van der Waals surface area contributed by atoms with E-state index >= 15 is 0 Å². The van der Waals surface area contributed by atoms with Crippen LogP contribution in [0.3, 0.4) is 0 Å². The maximum Gasteiger partial charge on any atom is 0.00561 e. The van der Waals surface area contributed by atoms with Gasteiger partial charge in [0.15, 0.2) is 0 Å². The van der Waals surface area contributed by atoms with Gasteiger partial charge in [-0.3, -0.25) is 0 Å². The smallest absolute Gasteiger partial charge is 0.00561 e. The normalized spacial score (nSPS) is 14.4. The molecule has 0 saturated carbocycles. The van der Waals surface area contributed by atoms with Gasteiger partial charge in [0.1, 0.15) is 0 Å². The third-order valence-corrected chi connectivity index (χ3v) is 10.6. The Morgan fingerprint density at radius 1 is 0.420 bits per heavy atom. The van der Waals surface area contributed by atoms with E-state index in [1.807, 2.05) is 0 Å². The average Bonchev–Trinajstić information content (AvgIpc) is 3.17. The van der Waals surface area contributed by atoms with Crippen LogP contribution in [0.1, 0.15) is 30.4 Å². The minimum Gasteiger partial charge on any atom is -0.0807 e. The van der Waals surface area contributed by atoms with Gasteiger partial charge < -0.3 is 0 Å². The summed E-state index contributed by atoms with van der Waals surface area (Å²) in [7, 11) is 0. The van der Waals surface area contributed by atoms with E-state index in [9.17, 15) is 0 Å². The van der Waals surface area contributed by atoms with Gasteiger partial charge in [-0.25, -0.2) is 0 Å². The van der Waals surface area contributed by atoms with E-state index in [0.29, 0.717) is 5.92 Å². The Kier molecular flexibility index (Phi) is 7.51. The minimum atomic E-state index is 0.361. The molecule has 0 saturated heterocycles. The summed E-state index contributed by atoms with van der Waals surface area (Å²) in [6.07, 6.45) is 8.05. The SMILES string of the molecule is CC1=CCC(c2ccc3c(-c4ccc5ccccc5c4)c4cc(-c5ccc(C)cc5)ccc4c(-c4ccc(-c5ccccc5)cc4)c3c2)C=C1. The lowest BCUT2D eigenvalue weighted by Crippen LogP contribution is -1.99. The number of hydrogen-bond donors (Lipinski definition) is 0. The van der Waals surface area contributed by atoms with Crippen molar-refractivity contribution in [3.05, 3.63) is 193 Å². The van der Waals surface area contributed by atoms with Gasteiger partial charge in [-0.15, -0.1) is 0 Å². The lowest BCUT2D eigenvalue weighted by molar-refractivity contribution is 0.847. The topological polar surface area (TPSA) is 0 Å². The lowest BCUT2D eigenvalue weighted by Gasteiger charge is -2.22. The van der Waals surface area contributed by atoms with Crippen LogP contribution >= 0.6 is 0 Å². The van der Waals surface area contributed by atoms with E-state index in [-0.39, 0.29) is 0 Å². The highest BCUT2D eigenvalue weighted by atomic mass is 14.2. The molecule has 0 amide bonds. The summed E-state index contributed by atoms with van der Waals surface area (Å²) in [5, 5.41) is 7.65. The van der Waals surface area contributed by atoms with Crippen molar-refractivity contribution in [3.63, 3.8) is 0 Å². The second-order valence-electron chi connectivity index (χ2n) is 13.8. The molecule has 0 nitrogen and oxygen atoms in total. The molecule has 1 unspecified atom stereocenters. The summed E-state index contributed by atoms with van der Waals surface area (Å²) in [5.74, 6) is 0.361. The molecule has 0 fully saturated rings. The molecule has 8 aromatic carbocycles. The molecule has 1 aliphatic rings. The Balaban J connectivity index is 1.35. The molecular weight excluding hydrogens is 601 g/mol. The fraction of sp³-hybridized carbons (Fsp3) is 0.0800. The number of allylic oxidation sites excluding steroid dienone is 4. The molecule has 0 heteroatoms. The van der Waals surface area contributed by atoms with Crippen LogP contribution in [0.2, 0.25) is 0 Å². The van der Waals surface area contributed by atoms with E-state index in [4.69, 9.17) is 0 Å². The van der Waals surface area contributed by atoms with Gasteiger partial charge in [0.05, 0.1) is 0 Å². The number of aryl methyl sites for hydroxylation is 1. The first-order valence-corrected chi connectivity index (χ1v) is 17.7. The van der Waals surface area contributed by atoms with E-state index in [1.165, 1.54) is 93.5 Å². The van der Waals surface area contributed by atoms with Gasteiger partial charge in [0.25, 0.3) is 0 Å². The standard InChI is InChI=1S/C50H38/c1-33-12-16-38(17-13-33)42-27-29-46-47(31-42)49(40-23-20-37(21-24-40)35-8-4-3-5-9-35)45-28-26-43(39-18-14-34(2)15-19-39)32-48(45)50(46)44-25-22-36-10-6-7-11-41(36)30-44/h3-16,18-32,38H,17H2,1-2H3. The molecule has 1 atom stereocenters. The molecule has 0 aliphatic heterocycles. The van der Waals surface area contributed by atoms with Crippen LogP contribution in [0, 0.1) is 6.92 Å². The van der Waals surface area contributed by atoms with Crippen LogP contribution in [0.15, 0.2) is 182 Å². The van der Waals surface area contributed by atoms with Crippen molar-refractivity contribution in [1.29, 1.82) is 0 Å². The molecule has 0 spiro atoms. The van der Waals surface area contributed by atoms with Crippen LogP contribution in [0.25, 0.3) is 76.8 Å². The zero-order chi connectivity index (χ0) is 33.6. The highest BCUT2D eigenvalue weighted by Crippen LogP contribution is 2.46. The molecule has 0 N–H and O–H groups in total. The van der Waals surface area contributed by atoms with E-state index in [0.717, 1.165) is 6.42 Å². The van der Waals surface area contributed by atoms with Crippen LogP contribution in [-0.2, 0) is 0 Å². The number of benzene rings is 8. The van der Waals surface area contributed by atoms with Gasteiger partial charge in [-0.05, 0) is 121 Å². The van der Waals surface area contributed by atoms with Crippen LogP contribution in [0.5, 0.6) is 0 Å². The molecule has 0 heterocycles. The summed E-state index contributed by atoms with van der Waals surface area (Å²) in [6, 6.07) is 58.8. The third-order valence-electron chi connectivity index (χ3n) is 10.6. The molecule has 238 valence electrons. The highest BCUT2D eigenvalue weighted by Gasteiger charge is 2.20. The van der Waals surface area contributed by atoms with Gasteiger partial charge in [-0.1, -0.05) is 169 Å². The third kappa shape index (κ3) is 5.44. The quantitative estimate of drug-likeness (QED) is 0.165. The van der Waals surface area contributed by atoms with E-state index in [1.54, 1.807) is 0 Å². The highest BCUT2D eigenvalue weighted by molar-refractivity contribution is 6.22. The second kappa shape index (κ2) is 12.5. The Hall–Kier alpha value is -5.98. The second-order valence-corrected chi connectivity index (χ2v) is 13.8. The summed E-state index contributed by atoms with van der Waals surface area (Å²) >= 11 is 0. The molecular formula is C50H38. The van der Waals surface area contributed by atoms with Crippen molar-refractivity contribution in [3.8, 4) is 44.5 Å². The number of fused-ring (bicyclic) bond motifs is 3. The van der Waals surface area contributed by atoms with Crippen molar-refractivity contribution in [2.75, 3.05) is 0 Å². The van der Waals surface area contributed by atoms with Gasteiger partial charge >= 0.3 is 0 Å². The van der Waals surface area contributed by atoms with Crippen molar-refractivity contribution < 1.29 is 0 Å². The average molecular weight is 639 g/mol. The minimum absolute atomic E-state index is 0.361. The fourth-order valence-corrected chi connectivity index (χ4v) is 7.80. The Morgan fingerprint density at radius 3 is 1.76 bits per heavy atom. The molecule has 9 rings (SSSR count). The molecule has 50 heavy (non-hydrogen) atoms. The maximum atomic E-state index is 2.48. The van der Waals surface area contributed by atoms with Crippen LogP contribution < -0.4 is 0 Å². The van der Waals surface area contributed by atoms with Crippen LogP contribution in [-0.4, -0.2) is 0 Å². The molecule has 0 aromatic heterocycles. The summed E-state index contributed by atoms with van der Waals surface area (Å²) in [4.78, 5) is 0. The molecule has 1 aliphatic carbocycles. The zero-order valence-corrected chi connectivity index (χ0v) is 28.5. The van der Waals surface area contributed by atoms with Crippen molar-refractivity contribution in [1.82, 2.24) is 0 Å². The van der Waals surface area contributed by atoms with Gasteiger partial charge in [-0.2, -0.15) is 0 Å². The first-order chi connectivity index (χ1) is 24.6. The Morgan fingerprint density at radius 2 is 1.00 bits per heavy atom. The van der Waals surface area contributed by atoms with E-state index in [2.05, 4.69) is 190 Å².